The number of benzene rings is 1. The molecule has 0 unspecified atom stereocenters. The topological polar surface area (TPSA) is 152 Å². The normalized spacial score (nSPS) is 12.6. The highest BCUT2D eigenvalue weighted by molar-refractivity contribution is 6.04. The molecule has 11 nitrogen and oxygen atoms in total. The van der Waals surface area contributed by atoms with Gasteiger partial charge in [-0.2, -0.15) is 10.4 Å². The van der Waals surface area contributed by atoms with Crippen LogP contribution in [0.15, 0.2) is 46.2 Å². The fraction of sp³-hybridized carbons (Fsp3) is 0.280. The first-order chi connectivity index (χ1) is 17.7. The van der Waals surface area contributed by atoms with E-state index in [1.807, 2.05) is 19.9 Å². The van der Waals surface area contributed by atoms with Crippen molar-refractivity contribution in [2.75, 3.05) is 5.32 Å². The first kappa shape index (κ1) is 25.3. The number of nitrogens with zero attached hydrogens (tertiary/aromatic N) is 6. The van der Waals surface area contributed by atoms with E-state index in [-0.39, 0.29) is 17.1 Å². The van der Waals surface area contributed by atoms with E-state index in [9.17, 15) is 24.3 Å². The number of halogens is 1. The molecule has 3 aromatic heterocycles. The van der Waals surface area contributed by atoms with Gasteiger partial charge in [0.2, 0.25) is 5.75 Å². The van der Waals surface area contributed by atoms with Crippen molar-refractivity contribution in [1.29, 1.82) is 5.26 Å². The molecule has 0 radical (unpaired) electrons. The molecule has 12 heteroatoms. The lowest BCUT2D eigenvalue weighted by Crippen LogP contribution is -2.29. The Kier molecular flexibility index (Phi) is 6.88. The average Bonchev–Trinajstić information content (AvgIpc) is 3.53. The van der Waals surface area contributed by atoms with Gasteiger partial charge in [0.1, 0.15) is 23.6 Å². The number of nitriles is 1. The molecule has 0 saturated heterocycles. The Labute approximate surface area is 210 Å². The summed E-state index contributed by atoms with van der Waals surface area (Å²) in [5.41, 5.74) is 1.10. The van der Waals surface area contributed by atoms with Gasteiger partial charge in [0.05, 0.1) is 24.0 Å². The second-order valence-corrected chi connectivity index (χ2v) is 8.51. The second kappa shape index (κ2) is 10.1. The first-order valence-corrected chi connectivity index (χ1v) is 11.4. The van der Waals surface area contributed by atoms with Crippen LogP contribution in [0.4, 0.5) is 10.1 Å². The molecular formula is C25H24FN7O4. The Balaban J connectivity index is 1.90. The van der Waals surface area contributed by atoms with Gasteiger partial charge in [-0.25, -0.2) is 9.37 Å². The van der Waals surface area contributed by atoms with Crippen LogP contribution in [0.2, 0.25) is 0 Å². The third kappa shape index (κ3) is 4.58. The second-order valence-electron chi connectivity index (χ2n) is 8.51. The van der Waals surface area contributed by atoms with E-state index in [4.69, 9.17) is 4.52 Å². The highest BCUT2D eigenvalue weighted by Gasteiger charge is 2.32. The van der Waals surface area contributed by atoms with Crippen LogP contribution >= 0.6 is 0 Å². The Morgan fingerprint density at radius 2 is 2.08 bits per heavy atom. The summed E-state index contributed by atoms with van der Waals surface area (Å²) in [4.78, 5) is 30.2. The van der Waals surface area contributed by atoms with Gasteiger partial charge in [0.15, 0.2) is 5.69 Å². The van der Waals surface area contributed by atoms with E-state index in [0.717, 1.165) is 21.9 Å². The minimum atomic E-state index is -0.835. The molecule has 0 bridgehead atoms. The summed E-state index contributed by atoms with van der Waals surface area (Å²) >= 11 is 0. The molecule has 2 atom stereocenters. The van der Waals surface area contributed by atoms with Crippen molar-refractivity contribution in [3.05, 3.63) is 86.9 Å². The maximum Gasteiger partial charge on any atom is 0.296 e. The van der Waals surface area contributed by atoms with Crippen molar-refractivity contribution < 1.29 is 18.8 Å². The number of hydrogen-bond acceptors (Lipinski definition) is 8. The van der Waals surface area contributed by atoms with Crippen LogP contribution in [-0.2, 0) is 13.6 Å². The zero-order valence-corrected chi connectivity index (χ0v) is 20.6. The molecule has 0 aliphatic rings. The van der Waals surface area contributed by atoms with Crippen molar-refractivity contribution in [2.45, 2.75) is 39.2 Å². The fourth-order valence-electron chi connectivity index (χ4n) is 4.47. The molecule has 0 fully saturated rings. The third-order valence-corrected chi connectivity index (χ3v) is 6.36. The van der Waals surface area contributed by atoms with Gasteiger partial charge in [-0.15, -0.1) is 0 Å². The molecular weight excluding hydrogens is 481 g/mol. The molecule has 190 valence electrons. The van der Waals surface area contributed by atoms with E-state index in [0.29, 0.717) is 12.1 Å². The van der Waals surface area contributed by atoms with E-state index in [1.165, 1.54) is 31.6 Å². The number of rotatable bonds is 7. The van der Waals surface area contributed by atoms with Crippen LogP contribution in [0.5, 0.6) is 5.75 Å². The van der Waals surface area contributed by atoms with Gasteiger partial charge >= 0.3 is 0 Å². The van der Waals surface area contributed by atoms with Crippen molar-refractivity contribution in [1.82, 2.24) is 24.5 Å². The number of aromatic hydroxyl groups is 1. The van der Waals surface area contributed by atoms with Gasteiger partial charge in [-0.05, 0) is 31.5 Å². The predicted octanol–water partition coefficient (Wildman–Crippen LogP) is 3.20. The maximum absolute atomic E-state index is 14.0. The molecule has 0 spiro atoms. The van der Waals surface area contributed by atoms with Crippen LogP contribution < -0.4 is 10.9 Å². The zero-order chi connectivity index (χ0) is 26.9. The van der Waals surface area contributed by atoms with Gasteiger partial charge in [-0.3, -0.25) is 18.8 Å². The average molecular weight is 506 g/mol. The number of carbonyl (C=O) groups is 1. The number of aryl methyl sites for hydroxylation is 1. The highest BCUT2D eigenvalue weighted by atomic mass is 19.1. The number of hydrogen-bond donors (Lipinski definition) is 2. The molecule has 0 aliphatic carbocycles. The Bertz CT molecular complexity index is 1570. The summed E-state index contributed by atoms with van der Waals surface area (Å²) < 4.78 is 21.6. The summed E-state index contributed by atoms with van der Waals surface area (Å²) in [5.74, 6) is -3.26. The standard InChI is InChI=1S/C25H24FN7O4/c1-5-33-14(3)19(11-28-33)20(18-7-6-16(26)8-15(18)9-27)13(2)23-31-21(22(34)25(36)32(23)4)24(35)30-17-10-29-37-12-17/h6-8,10-13,20,34H,5H2,1-4H3,(H,30,35)/t13-,20-/m1/s1. The van der Waals surface area contributed by atoms with Gasteiger partial charge < -0.3 is 14.9 Å². The van der Waals surface area contributed by atoms with Crippen LogP contribution in [0.25, 0.3) is 0 Å². The summed E-state index contributed by atoms with van der Waals surface area (Å²) in [6.07, 6.45) is 4.10. The number of carbonyl (C=O) groups excluding carboxylic acids is 1. The molecule has 0 aliphatic heterocycles. The quantitative estimate of drug-likeness (QED) is 0.388. The zero-order valence-electron chi connectivity index (χ0n) is 20.6. The van der Waals surface area contributed by atoms with Crippen LogP contribution in [-0.4, -0.2) is 35.5 Å². The lowest BCUT2D eigenvalue weighted by atomic mass is 9.79. The maximum atomic E-state index is 14.0. The van der Waals surface area contributed by atoms with Crippen LogP contribution in [0, 0.1) is 24.1 Å². The molecule has 2 N–H and O–H groups in total. The lowest BCUT2D eigenvalue weighted by Gasteiger charge is -2.27. The van der Waals surface area contributed by atoms with E-state index in [2.05, 4.69) is 20.6 Å². The summed E-state index contributed by atoms with van der Waals surface area (Å²) in [6, 6.07) is 5.98. The Hall–Kier alpha value is -4.79. The lowest BCUT2D eigenvalue weighted by molar-refractivity contribution is 0.101. The number of anilines is 1. The van der Waals surface area contributed by atoms with Crippen LogP contribution in [0.1, 0.15) is 64.4 Å². The van der Waals surface area contributed by atoms with Crippen molar-refractivity contribution in [3.8, 4) is 11.8 Å². The largest absolute Gasteiger partial charge is 0.501 e. The monoisotopic (exact) mass is 505 g/mol. The number of amides is 1. The number of aromatic nitrogens is 5. The smallest absolute Gasteiger partial charge is 0.296 e. The molecule has 0 saturated carbocycles. The van der Waals surface area contributed by atoms with E-state index in [1.54, 1.807) is 17.8 Å². The van der Waals surface area contributed by atoms with Crippen molar-refractivity contribution in [3.63, 3.8) is 0 Å². The van der Waals surface area contributed by atoms with E-state index >= 15 is 0 Å². The fourth-order valence-corrected chi connectivity index (χ4v) is 4.47. The molecule has 1 amide bonds. The van der Waals surface area contributed by atoms with Crippen molar-refractivity contribution >= 4 is 11.6 Å². The molecule has 37 heavy (non-hydrogen) atoms. The highest BCUT2D eigenvalue weighted by Crippen LogP contribution is 2.40. The Morgan fingerprint density at radius 3 is 2.70 bits per heavy atom. The summed E-state index contributed by atoms with van der Waals surface area (Å²) in [7, 11) is 1.43. The molecule has 3 heterocycles. The Morgan fingerprint density at radius 1 is 1.32 bits per heavy atom. The molecule has 4 rings (SSSR count). The van der Waals surface area contributed by atoms with Gasteiger partial charge in [0, 0.05) is 36.7 Å². The molecule has 4 aromatic rings. The molecule has 1 aromatic carbocycles. The first-order valence-electron chi connectivity index (χ1n) is 11.4. The van der Waals surface area contributed by atoms with Gasteiger partial charge in [-0.1, -0.05) is 18.1 Å². The van der Waals surface area contributed by atoms with Crippen LogP contribution in [0.3, 0.4) is 0 Å². The predicted molar refractivity (Wildman–Crippen MR) is 130 cm³/mol. The minimum Gasteiger partial charge on any atom is -0.501 e. The van der Waals surface area contributed by atoms with E-state index < -0.39 is 40.6 Å². The SMILES string of the molecule is CCn1ncc([C@@H](c2ccc(F)cc2C#N)[C@@H](C)c2nc(C(=O)Nc3cnoc3)c(O)c(=O)n2C)c1C. The minimum absolute atomic E-state index is 0.120. The third-order valence-electron chi connectivity index (χ3n) is 6.36. The van der Waals surface area contributed by atoms with Gasteiger partial charge in [0.25, 0.3) is 11.5 Å². The summed E-state index contributed by atoms with van der Waals surface area (Å²) in [5, 5.41) is 30.6. The van der Waals surface area contributed by atoms with Crippen molar-refractivity contribution in [2.24, 2.45) is 7.05 Å². The summed E-state index contributed by atoms with van der Waals surface area (Å²) in [6.45, 7) is 6.19. The number of nitrogens with one attached hydrogen (secondary N) is 1.